The van der Waals surface area contributed by atoms with Crippen molar-refractivity contribution in [3.8, 4) is 11.5 Å². The number of carbonyl (C=O) groups excluding carboxylic acids is 1. The van der Waals surface area contributed by atoms with Crippen LogP contribution in [0.2, 0.25) is 0 Å². The summed E-state index contributed by atoms with van der Waals surface area (Å²) in [5.74, 6) is 1.22. The van der Waals surface area contributed by atoms with Gasteiger partial charge in [0.15, 0.2) is 0 Å². The van der Waals surface area contributed by atoms with Crippen LogP contribution in [0, 0.1) is 13.8 Å². The predicted molar refractivity (Wildman–Crippen MR) is 92.6 cm³/mol. The maximum absolute atomic E-state index is 12.1. The van der Waals surface area contributed by atoms with Gasteiger partial charge in [-0.1, -0.05) is 12.1 Å². The molecular formula is C18H22N2O3. The first kappa shape index (κ1) is 16.7. The Morgan fingerprint density at radius 3 is 2.52 bits per heavy atom. The summed E-state index contributed by atoms with van der Waals surface area (Å²) in [6.07, 6.45) is 0. The molecule has 0 bridgehead atoms. The number of amides is 1. The molecular weight excluding hydrogens is 292 g/mol. The average Bonchev–Trinajstić information content (AvgIpc) is 2.57. The summed E-state index contributed by atoms with van der Waals surface area (Å²) in [6.45, 7) is 4.16. The van der Waals surface area contributed by atoms with Crippen molar-refractivity contribution in [2.24, 2.45) is 0 Å². The van der Waals surface area contributed by atoms with Crippen molar-refractivity contribution in [2.75, 3.05) is 31.4 Å². The summed E-state index contributed by atoms with van der Waals surface area (Å²) in [7, 11) is 3.18. The first-order valence-corrected chi connectivity index (χ1v) is 7.37. The van der Waals surface area contributed by atoms with Crippen LogP contribution in [0.25, 0.3) is 0 Å². The highest BCUT2D eigenvalue weighted by molar-refractivity contribution is 5.94. The largest absolute Gasteiger partial charge is 0.497 e. The Hall–Kier alpha value is -2.69. The number of methoxy groups -OCH3 is 2. The minimum absolute atomic E-state index is 0.114. The normalized spacial score (nSPS) is 10.1. The van der Waals surface area contributed by atoms with E-state index in [4.69, 9.17) is 9.47 Å². The Bertz CT molecular complexity index is 699. The molecule has 0 aliphatic heterocycles. The first-order valence-electron chi connectivity index (χ1n) is 7.37. The van der Waals surface area contributed by atoms with Crippen LogP contribution in [0.15, 0.2) is 36.4 Å². The van der Waals surface area contributed by atoms with Gasteiger partial charge >= 0.3 is 0 Å². The van der Waals surface area contributed by atoms with Crippen LogP contribution >= 0.6 is 0 Å². The van der Waals surface area contributed by atoms with Gasteiger partial charge in [-0.15, -0.1) is 0 Å². The summed E-state index contributed by atoms with van der Waals surface area (Å²) in [6, 6.07) is 11.2. The molecule has 5 nitrogen and oxygen atoms in total. The van der Waals surface area contributed by atoms with Crippen LogP contribution in [-0.2, 0) is 4.79 Å². The maximum Gasteiger partial charge on any atom is 0.243 e. The van der Waals surface area contributed by atoms with Gasteiger partial charge in [0.25, 0.3) is 0 Å². The molecule has 0 aliphatic carbocycles. The zero-order valence-corrected chi connectivity index (χ0v) is 13.9. The Morgan fingerprint density at radius 1 is 1.04 bits per heavy atom. The van der Waals surface area contributed by atoms with E-state index in [1.165, 1.54) is 0 Å². The molecule has 2 aromatic carbocycles. The highest BCUT2D eigenvalue weighted by Crippen LogP contribution is 2.28. The molecule has 2 rings (SSSR count). The molecule has 0 unspecified atom stereocenters. The van der Waals surface area contributed by atoms with E-state index >= 15 is 0 Å². The molecule has 5 heteroatoms. The number of anilines is 2. The molecule has 122 valence electrons. The molecule has 2 aromatic rings. The van der Waals surface area contributed by atoms with Crippen LogP contribution in [-0.4, -0.2) is 26.7 Å². The van der Waals surface area contributed by atoms with Crippen molar-refractivity contribution in [3.63, 3.8) is 0 Å². The zero-order chi connectivity index (χ0) is 16.8. The van der Waals surface area contributed by atoms with Gasteiger partial charge in [-0.3, -0.25) is 4.79 Å². The Balaban J connectivity index is 2.00. The fourth-order valence-corrected chi connectivity index (χ4v) is 2.20. The van der Waals surface area contributed by atoms with E-state index in [-0.39, 0.29) is 12.5 Å². The third kappa shape index (κ3) is 4.16. The number of nitrogens with one attached hydrogen (secondary N) is 2. The number of aryl methyl sites for hydroxylation is 1. The van der Waals surface area contributed by atoms with Gasteiger partial charge in [-0.05, 0) is 43.2 Å². The molecule has 0 fully saturated rings. The molecule has 1 amide bonds. The second kappa shape index (κ2) is 7.54. The Morgan fingerprint density at radius 2 is 1.83 bits per heavy atom. The lowest BCUT2D eigenvalue weighted by atomic mass is 10.1. The number of rotatable bonds is 6. The molecule has 0 aromatic heterocycles. The monoisotopic (exact) mass is 314 g/mol. The van der Waals surface area contributed by atoms with Gasteiger partial charge in [0.1, 0.15) is 11.5 Å². The van der Waals surface area contributed by atoms with E-state index in [9.17, 15) is 4.79 Å². The number of ether oxygens (including phenoxy) is 2. The van der Waals surface area contributed by atoms with E-state index in [0.29, 0.717) is 11.5 Å². The highest BCUT2D eigenvalue weighted by Gasteiger charge is 2.09. The number of hydrogen-bond donors (Lipinski definition) is 2. The smallest absolute Gasteiger partial charge is 0.243 e. The van der Waals surface area contributed by atoms with Crippen LogP contribution in [0.5, 0.6) is 11.5 Å². The van der Waals surface area contributed by atoms with E-state index in [0.717, 1.165) is 22.5 Å². The fourth-order valence-electron chi connectivity index (χ4n) is 2.20. The van der Waals surface area contributed by atoms with Crippen LogP contribution in [0.4, 0.5) is 11.4 Å². The van der Waals surface area contributed by atoms with Gasteiger partial charge in [0, 0.05) is 11.8 Å². The average molecular weight is 314 g/mol. The molecule has 0 saturated heterocycles. The minimum Gasteiger partial charge on any atom is -0.497 e. The van der Waals surface area contributed by atoms with Gasteiger partial charge in [0.05, 0.1) is 26.5 Å². The molecule has 0 heterocycles. The van der Waals surface area contributed by atoms with Crippen molar-refractivity contribution in [3.05, 3.63) is 47.5 Å². The third-order valence-corrected chi connectivity index (χ3v) is 3.73. The van der Waals surface area contributed by atoms with E-state index in [1.807, 2.05) is 44.2 Å². The van der Waals surface area contributed by atoms with Crippen LogP contribution in [0.3, 0.4) is 0 Å². The van der Waals surface area contributed by atoms with Crippen LogP contribution < -0.4 is 20.1 Å². The summed E-state index contributed by atoms with van der Waals surface area (Å²) < 4.78 is 10.5. The number of benzene rings is 2. The highest BCUT2D eigenvalue weighted by atomic mass is 16.5. The molecule has 0 radical (unpaired) electrons. The summed E-state index contributed by atoms with van der Waals surface area (Å²) in [5, 5.41) is 5.99. The molecule has 2 N–H and O–H groups in total. The Labute approximate surface area is 136 Å². The fraction of sp³-hybridized carbons (Fsp3) is 0.278. The first-order chi connectivity index (χ1) is 11.0. The Kier molecular flexibility index (Phi) is 5.46. The maximum atomic E-state index is 12.1. The lowest BCUT2D eigenvalue weighted by Crippen LogP contribution is -2.22. The van der Waals surface area contributed by atoms with Gasteiger partial charge in [-0.25, -0.2) is 0 Å². The van der Waals surface area contributed by atoms with Crippen molar-refractivity contribution in [1.29, 1.82) is 0 Å². The van der Waals surface area contributed by atoms with Crippen molar-refractivity contribution >= 4 is 17.3 Å². The molecule has 0 aliphatic rings. The molecule has 23 heavy (non-hydrogen) atoms. The summed E-state index contributed by atoms with van der Waals surface area (Å²) in [4.78, 5) is 12.1. The van der Waals surface area contributed by atoms with Crippen molar-refractivity contribution in [1.82, 2.24) is 0 Å². The topological polar surface area (TPSA) is 59.6 Å². The van der Waals surface area contributed by atoms with E-state index in [2.05, 4.69) is 10.6 Å². The standard InChI is InChI=1S/C18H22N2O3/c1-12-6-5-7-15(13(12)2)20-18(21)11-19-16-9-8-14(22-3)10-17(16)23-4/h5-10,19H,11H2,1-4H3,(H,20,21). The SMILES string of the molecule is COc1ccc(NCC(=O)Nc2cccc(C)c2C)c(OC)c1. The lowest BCUT2D eigenvalue weighted by Gasteiger charge is -2.13. The second-order valence-electron chi connectivity index (χ2n) is 5.22. The van der Waals surface area contributed by atoms with Gasteiger partial charge in [-0.2, -0.15) is 0 Å². The van der Waals surface area contributed by atoms with E-state index in [1.54, 1.807) is 20.3 Å². The summed E-state index contributed by atoms with van der Waals surface area (Å²) >= 11 is 0. The zero-order valence-electron chi connectivity index (χ0n) is 13.9. The second-order valence-corrected chi connectivity index (χ2v) is 5.22. The minimum atomic E-state index is -0.114. The molecule has 0 atom stereocenters. The van der Waals surface area contributed by atoms with Crippen molar-refractivity contribution in [2.45, 2.75) is 13.8 Å². The van der Waals surface area contributed by atoms with Crippen molar-refractivity contribution < 1.29 is 14.3 Å². The van der Waals surface area contributed by atoms with Gasteiger partial charge < -0.3 is 20.1 Å². The van der Waals surface area contributed by atoms with Crippen LogP contribution in [0.1, 0.15) is 11.1 Å². The molecule has 0 spiro atoms. The lowest BCUT2D eigenvalue weighted by molar-refractivity contribution is -0.114. The number of hydrogen-bond acceptors (Lipinski definition) is 4. The van der Waals surface area contributed by atoms with Gasteiger partial charge in [0.2, 0.25) is 5.91 Å². The van der Waals surface area contributed by atoms with E-state index < -0.39 is 0 Å². The summed E-state index contributed by atoms with van der Waals surface area (Å²) in [5.41, 5.74) is 3.79. The molecule has 0 saturated carbocycles. The predicted octanol–water partition coefficient (Wildman–Crippen LogP) is 3.37. The third-order valence-electron chi connectivity index (χ3n) is 3.73. The quantitative estimate of drug-likeness (QED) is 0.858. The number of carbonyl (C=O) groups is 1.